The van der Waals surface area contributed by atoms with Crippen molar-refractivity contribution >= 4 is 11.9 Å². The minimum absolute atomic E-state index is 0.0316. The van der Waals surface area contributed by atoms with Crippen LogP contribution in [0.4, 0.5) is 4.39 Å². The third kappa shape index (κ3) is 4.64. The molecule has 198 valence electrons. The smallest absolute Gasteiger partial charge is 0.328 e. The topological polar surface area (TPSA) is 76.1 Å². The van der Waals surface area contributed by atoms with E-state index in [-0.39, 0.29) is 23.4 Å². The molecule has 6 nitrogen and oxygen atoms in total. The van der Waals surface area contributed by atoms with Crippen LogP contribution in [0.1, 0.15) is 87.6 Å². The summed E-state index contributed by atoms with van der Waals surface area (Å²) in [5.74, 6) is 0.632. The minimum atomic E-state index is -0.939. The van der Waals surface area contributed by atoms with Crippen LogP contribution >= 0.6 is 0 Å². The SMILES string of the molecule is COC(=O)[C@@H]1[C@@H](C)[C@H](O)CN1C(=O)c1cc(C2CC2)c(OCC23CCC(CC(C)C2)C(C)C3)cc1F. The van der Waals surface area contributed by atoms with Crippen LogP contribution in [0.3, 0.4) is 0 Å². The molecule has 1 aromatic rings. The Labute approximate surface area is 213 Å². The molecule has 4 unspecified atom stereocenters. The molecule has 5 aliphatic rings. The van der Waals surface area contributed by atoms with Gasteiger partial charge in [-0.3, -0.25) is 4.79 Å². The van der Waals surface area contributed by atoms with Crippen LogP contribution in [-0.4, -0.2) is 54.3 Å². The molecule has 1 aromatic carbocycles. The van der Waals surface area contributed by atoms with E-state index in [1.165, 1.54) is 30.9 Å². The largest absolute Gasteiger partial charge is 0.493 e. The maximum Gasteiger partial charge on any atom is 0.328 e. The molecule has 7 atom stereocenters. The third-order valence-corrected chi connectivity index (χ3v) is 9.50. The predicted molar refractivity (Wildman–Crippen MR) is 133 cm³/mol. The number of methoxy groups -OCH3 is 1. The van der Waals surface area contributed by atoms with Gasteiger partial charge in [0.15, 0.2) is 0 Å². The summed E-state index contributed by atoms with van der Waals surface area (Å²) in [6.45, 7) is 6.96. The van der Waals surface area contributed by atoms with Crippen molar-refractivity contribution in [3.05, 3.63) is 29.1 Å². The average molecular weight is 502 g/mol. The first-order chi connectivity index (χ1) is 17.1. The lowest BCUT2D eigenvalue weighted by molar-refractivity contribution is -0.146. The molecule has 2 bridgehead atoms. The number of halogens is 1. The molecule has 1 heterocycles. The van der Waals surface area contributed by atoms with Gasteiger partial charge < -0.3 is 19.5 Å². The second-order valence-corrected chi connectivity index (χ2v) is 12.3. The number of hydrogen-bond acceptors (Lipinski definition) is 5. The Hall–Kier alpha value is -2.15. The van der Waals surface area contributed by atoms with Crippen LogP contribution in [0, 0.1) is 34.9 Å². The minimum Gasteiger partial charge on any atom is -0.493 e. The number of ether oxygens (including phenoxy) is 2. The standard InChI is InChI=1S/C29H40FNO5/c1-16-9-20-7-8-29(12-16,13-17(20)2)15-36-25-11-23(30)22(10-21(25)19-5-6-19)27(33)31-14-24(32)18(3)26(31)28(34)35-4/h10-11,16-20,24,26,32H,5-9,12-15H2,1-4H3/t16?,17?,18-,20?,24+,26-,29?/m0/s1. The summed E-state index contributed by atoms with van der Waals surface area (Å²) in [5.41, 5.74) is 0.935. The van der Waals surface area contributed by atoms with Gasteiger partial charge in [0, 0.05) is 23.9 Å². The highest BCUT2D eigenvalue weighted by molar-refractivity contribution is 5.98. The molecule has 0 radical (unpaired) electrons. The molecule has 1 saturated heterocycles. The highest BCUT2D eigenvalue weighted by atomic mass is 19.1. The van der Waals surface area contributed by atoms with Gasteiger partial charge in [-0.05, 0) is 80.2 Å². The Morgan fingerprint density at radius 2 is 1.92 bits per heavy atom. The third-order valence-electron chi connectivity index (χ3n) is 9.50. The van der Waals surface area contributed by atoms with Crippen molar-refractivity contribution in [3.63, 3.8) is 0 Å². The zero-order valence-electron chi connectivity index (χ0n) is 22.0. The maximum absolute atomic E-state index is 15.5. The Kier molecular flexibility index (Phi) is 6.81. The number of amides is 1. The number of aliphatic hydroxyl groups excluding tert-OH is 1. The molecule has 0 spiro atoms. The highest BCUT2D eigenvalue weighted by Gasteiger charge is 2.47. The summed E-state index contributed by atoms with van der Waals surface area (Å²) in [6, 6.07) is 2.06. The van der Waals surface area contributed by atoms with Gasteiger partial charge in [-0.25, -0.2) is 9.18 Å². The van der Waals surface area contributed by atoms with E-state index in [0.717, 1.165) is 43.6 Å². The molecule has 1 aliphatic heterocycles. The number of carbonyl (C=O) groups excluding carboxylic acids is 2. The van der Waals surface area contributed by atoms with Crippen molar-refractivity contribution < 1.29 is 28.6 Å². The quantitative estimate of drug-likeness (QED) is 0.560. The van der Waals surface area contributed by atoms with Crippen molar-refractivity contribution in [1.82, 2.24) is 4.90 Å². The molecule has 7 heteroatoms. The number of likely N-dealkylation sites (tertiary alicyclic amines) is 1. The van der Waals surface area contributed by atoms with E-state index in [9.17, 15) is 14.7 Å². The molecule has 1 N–H and O–H groups in total. The van der Waals surface area contributed by atoms with Crippen molar-refractivity contribution in [2.24, 2.45) is 29.1 Å². The van der Waals surface area contributed by atoms with E-state index < -0.39 is 35.8 Å². The summed E-state index contributed by atoms with van der Waals surface area (Å²) in [5, 5.41) is 10.3. The monoisotopic (exact) mass is 501 g/mol. The fraction of sp³-hybridized carbons (Fsp3) is 0.724. The van der Waals surface area contributed by atoms with Crippen LogP contribution in [0.5, 0.6) is 5.75 Å². The number of rotatable bonds is 6. The van der Waals surface area contributed by atoms with Crippen LogP contribution in [-0.2, 0) is 9.53 Å². The van der Waals surface area contributed by atoms with Gasteiger partial charge in [-0.15, -0.1) is 0 Å². The Bertz CT molecular complexity index is 1020. The van der Waals surface area contributed by atoms with E-state index in [0.29, 0.717) is 24.2 Å². The molecular weight excluding hydrogens is 461 g/mol. The molecule has 36 heavy (non-hydrogen) atoms. The predicted octanol–water partition coefficient (Wildman–Crippen LogP) is 4.93. The summed E-state index contributed by atoms with van der Waals surface area (Å²) < 4.78 is 26.7. The zero-order valence-corrected chi connectivity index (χ0v) is 22.0. The summed E-state index contributed by atoms with van der Waals surface area (Å²) >= 11 is 0. The van der Waals surface area contributed by atoms with Crippen molar-refractivity contribution in [2.45, 2.75) is 83.8 Å². The van der Waals surface area contributed by atoms with Gasteiger partial charge in [-0.1, -0.05) is 20.8 Å². The normalized spacial score (nSPS) is 36.0. The number of aliphatic hydroxyl groups is 1. The van der Waals surface area contributed by atoms with Gasteiger partial charge >= 0.3 is 5.97 Å². The molecule has 6 rings (SSSR count). The fourth-order valence-corrected chi connectivity index (χ4v) is 7.40. The lowest BCUT2D eigenvalue weighted by atomic mass is 9.67. The summed E-state index contributed by atoms with van der Waals surface area (Å²) in [6.07, 6.45) is 7.10. The van der Waals surface area contributed by atoms with E-state index in [1.54, 1.807) is 13.0 Å². The fourth-order valence-electron chi connectivity index (χ4n) is 7.40. The first kappa shape index (κ1) is 25.5. The lowest BCUT2D eigenvalue weighted by Gasteiger charge is -2.40. The first-order valence-corrected chi connectivity index (χ1v) is 13.7. The molecule has 4 aliphatic carbocycles. The number of benzene rings is 1. The second-order valence-electron chi connectivity index (χ2n) is 12.3. The van der Waals surface area contributed by atoms with Crippen molar-refractivity contribution in [2.75, 3.05) is 20.3 Å². The van der Waals surface area contributed by atoms with E-state index in [2.05, 4.69) is 13.8 Å². The molecule has 4 saturated carbocycles. The van der Waals surface area contributed by atoms with Crippen LogP contribution in [0.25, 0.3) is 0 Å². The van der Waals surface area contributed by atoms with Gasteiger partial charge in [0.2, 0.25) is 0 Å². The average Bonchev–Trinajstić information content (AvgIpc) is 3.66. The molecular formula is C29H40FNO5. The number of nitrogens with zero attached hydrogens (tertiary/aromatic N) is 1. The van der Waals surface area contributed by atoms with Crippen LogP contribution < -0.4 is 4.74 Å². The number of fused-ring (bicyclic) bond motifs is 4. The second kappa shape index (κ2) is 9.62. The van der Waals surface area contributed by atoms with Gasteiger partial charge in [0.1, 0.15) is 17.6 Å². The molecule has 5 fully saturated rings. The number of β-amino-alcohol motifs (C(OH)–C–C–N with tert-alkyl or cyclic N) is 1. The maximum atomic E-state index is 15.5. The van der Waals surface area contributed by atoms with Gasteiger partial charge in [-0.2, -0.15) is 0 Å². The van der Waals surface area contributed by atoms with E-state index in [4.69, 9.17) is 9.47 Å². The van der Waals surface area contributed by atoms with Gasteiger partial charge in [0.05, 0.1) is 25.4 Å². The number of hydrogen-bond donors (Lipinski definition) is 1. The highest BCUT2D eigenvalue weighted by Crippen LogP contribution is 2.53. The Morgan fingerprint density at radius 3 is 2.58 bits per heavy atom. The van der Waals surface area contributed by atoms with Crippen LogP contribution in [0.15, 0.2) is 12.1 Å². The zero-order chi connectivity index (χ0) is 25.8. The Balaban J connectivity index is 1.40. The molecule has 0 aromatic heterocycles. The van der Waals surface area contributed by atoms with Crippen LogP contribution in [0.2, 0.25) is 0 Å². The van der Waals surface area contributed by atoms with Gasteiger partial charge in [0.25, 0.3) is 5.91 Å². The number of esters is 1. The Morgan fingerprint density at radius 1 is 1.17 bits per heavy atom. The van der Waals surface area contributed by atoms with E-state index >= 15 is 4.39 Å². The van der Waals surface area contributed by atoms with Crippen molar-refractivity contribution in [1.29, 1.82) is 0 Å². The van der Waals surface area contributed by atoms with Crippen molar-refractivity contribution in [3.8, 4) is 5.75 Å². The lowest BCUT2D eigenvalue weighted by Crippen LogP contribution is -2.43. The first-order valence-electron chi connectivity index (χ1n) is 13.7. The summed E-state index contributed by atoms with van der Waals surface area (Å²) in [4.78, 5) is 27.1. The number of carbonyl (C=O) groups is 2. The molecule has 1 amide bonds. The van der Waals surface area contributed by atoms with E-state index in [1.807, 2.05) is 0 Å². The summed E-state index contributed by atoms with van der Waals surface area (Å²) in [7, 11) is 1.25.